The van der Waals surface area contributed by atoms with E-state index in [0.29, 0.717) is 17.1 Å². The van der Waals surface area contributed by atoms with Crippen molar-refractivity contribution in [3.63, 3.8) is 0 Å². The Bertz CT molecular complexity index is 665. The SMILES string of the molecule is CN(C(=O)OCc1ocnc1-c1ccc(Br)cn1)C1CCCC1. The second kappa shape index (κ2) is 7.12. The van der Waals surface area contributed by atoms with Crippen LogP contribution in [0.15, 0.2) is 33.6 Å². The number of nitrogens with zero attached hydrogens (tertiary/aromatic N) is 3. The summed E-state index contributed by atoms with van der Waals surface area (Å²) in [6.45, 7) is 0.0446. The molecule has 2 aromatic rings. The Morgan fingerprint density at radius 2 is 2.17 bits per heavy atom. The molecule has 0 bridgehead atoms. The van der Waals surface area contributed by atoms with Gasteiger partial charge in [0.25, 0.3) is 0 Å². The predicted octanol–water partition coefficient (Wildman–Crippen LogP) is 4.01. The third kappa shape index (κ3) is 3.72. The van der Waals surface area contributed by atoms with Crippen LogP contribution in [0.1, 0.15) is 31.4 Å². The van der Waals surface area contributed by atoms with E-state index in [1.807, 2.05) is 12.1 Å². The van der Waals surface area contributed by atoms with Crippen molar-refractivity contribution >= 4 is 22.0 Å². The monoisotopic (exact) mass is 379 g/mol. The van der Waals surface area contributed by atoms with Gasteiger partial charge in [-0.2, -0.15) is 0 Å². The zero-order chi connectivity index (χ0) is 16.2. The number of ether oxygens (including phenoxy) is 1. The van der Waals surface area contributed by atoms with Crippen molar-refractivity contribution in [3.8, 4) is 11.4 Å². The molecule has 1 aliphatic rings. The summed E-state index contributed by atoms with van der Waals surface area (Å²) in [6.07, 6.45) is 7.12. The first-order chi connectivity index (χ1) is 11.1. The molecule has 1 fully saturated rings. The Hall–Kier alpha value is -1.89. The van der Waals surface area contributed by atoms with E-state index in [-0.39, 0.29) is 18.7 Å². The van der Waals surface area contributed by atoms with Gasteiger partial charge >= 0.3 is 6.09 Å². The predicted molar refractivity (Wildman–Crippen MR) is 87.6 cm³/mol. The van der Waals surface area contributed by atoms with Crippen LogP contribution in [0, 0.1) is 0 Å². The molecule has 122 valence electrons. The fraction of sp³-hybridized carbons (Fsp3) is 0.438. The number of rotatable bonds is 4. The van der Waals surface area contributed by atoms with Gasteiger partial charge in [-0.05, 0) is 40.9 Å². The Labute approximate surface area is 143 Å². The minimum atomic E-state index is -0.331. The number of halogens is 1. The van der Waals surface area contributed by atoms with Crippen LogP contribution >= 0.6 is 15.9 Å². The highest BCUT2D eigenvalue weighted by molar-refractivity contribution is 9.10. The van der Waals surface area contributed by atoms with Crippen molar-refractivity contribution in [3.05, 3.63) is 35.0 Å². The van der Waals surface area contributed by atoms with Crippen molar-refractivity contribution in [2.24, 2.45) is 0 Å². The maximum absolute atomic E-state index is 12.1. The number of aromatic nitrogens is 2. The molecule has 7 heteroatoms. The van der Waals surface area contributed by atoms with E-state index < -0.39 is 0 Å². The lowest BCUT2D eigenvalue weighted by molar-refractivity contribution is 0.0860. The third-order valence-corrected chi connectivity index (χ3v) is 4.57. The van der Waals surface area contributed by atoms with Gasteiger partial charge in [0.15, 0.2) is 18.8 Å². The molecule has 0 radical (unpaired) electrons. The van der Waals surface area contributed by atoms with Gasteiger partial charge in [-0.25, -0.2) is 9.78 Å². The first-order valence-electron chi connectivity index (χ1n) is 7.59. The van der Waals surface area contributed by atoms with Gasteiger partial charge in [0, 0.05) is 23.8 Å². The summed E-state index contributed by atoms with van der Waals surface area (Å²) in [4.78, 5) is 22.3. The van der Waals surface area contributed by atoms with Crippen LogP contribution in [0.2, 0.25) is 0 Å². The fourth-order valence-electron chi connectivity index (χ4n) is 2.77. The van der Waals surface area contributed by atoms with E-state index in [1.54, 1.807) is 18.1 Å². The number of hydrogen-bond acceptors (Lipinski definition) is 5. The van der Waals surface area contributed by atoms with E-state index in [0.717, 1.165) is 17.3 Å². The van der Waals surface area contributed by atoms with Gasteiger partial charge in [-0.1, -0.05) is 12.8 Å². The van der Waals surface area contributed by atoms with Crippen LogP contribution in [-0.2, 0) is 11.3 Å². The molecular weight excluding hydrogens is 362 g/mol. The van der Waals surface area contributed by atoms with Crippen molar-refractivity contribution in [1.82, 2.24) is 14.9 Å². The van der Waals surface area contributed by atoms with Gasteiger partial charge in [0.1, 0.15) is 5.69 Å². The molecule has 0 aliphatic heterocycles. The highest BCUT2D eigenvalue weighted by Gasteiger charge is 2.25. The molecule has 3 rings (SSSR count). The zero-order valence-electron chi connectivity index (χ0n) is 12.9. The normalized spacial score (nSPS) is 14.9. The molecule has 0 unspecified atom stereocenters. The van der Waals surface area contributed by atoms with Crippen LogP contribution in [-0.4, -0.2) is 34.1 Å². The summed E-state index contributed by atoms with van der Waals surface area (Å²) >= 11 is 3.34. The van der Waals surface area contributed by atoms with Crippen molar-refractivity contribution < 1.29 is 13.9 Å². The molecule has 1 amide bonds. The Morgan fingerprint density at radius 3 is 2.87 bits per heavy atom. The van der Waals surface area contributed by atoms with E-state index >= 15 is 0 Å². The van der Waals surface area contributed by atoms with Crippen molar-refractivity contribution in [2.75, 3.05) is 7.05 Å². The molecule has 0 spiro atoms. The molecule has 0 atom stereocenters. The molecule has 2 heterocycles. The quantitative estimate of drug-likeness (QED) is 0.802. The number of carbonyl (C=O) groups is 1. The second-order valence-electron chi connectivity index (χ2n) is 5.59. The Morgan fingerprint density at radius 1 is 1.39 bits per heavy atom. The average molecular weight is 380 g/mol. The highest BCUT2D eigenvalue weighted by Crippen LogP contribution is 2.24. The van der Waals surface area contributed by atoms with Crippen molar-refractivity contribution in [2.45, 2.75) is 38.3 Å². The lowest BCUT2D eigenvalue weighted by Crippen LogP contribution is -2.35. The summed E-state index contributed by atoms with van der Waals surface area (Å²) in [5, 5.41) is 0. The van der Waals surface area contributed by atoms with Gasteiger partial charge in [-0.3, -0.25) is 4.98 Å². The Balaban J connectivity index is 1.63. The molecule has 2 aromatic heterocycles. The largest absolute Gasteiger partial charge is 0.444 e. The summed E-state index contributed by atoms with van der Waals surface area (Å²) in [5.74, 6) is 0.494. The highest BCUT2D eigenvalue weighted by atomic mass is 79.9. The smallest absolute Gasteiger partial charge is 0.410 e. The molecule has 0 N–H and O–H groups in total. The Kier molecular flexibility index (Phi) is 4.95. The number of hydrogen-bond donors (Lipinski definition) is 0. The van der Waals surface area contributed by atoms with Crippen molar-refractivity contribution in [1.29, 1.82) is 0 Å². The topological polar surface area (TPSA) is 68.5 Å². The molecule has 1 aliphatic carbocycles. The summed E-state index contributed by atoms with van der Waals surface area (Å²) < 4.78 is 11.6. The second-order valence-corrected chi connectivity index (χ2v) is 6.51. The van der Waals surface area contributed by atoms with E-state index in [4.69, 9.17) is 9.15 Å². The first kappa shape index (κ1) is 16.0. The number of oxazole rings is 1. The van der Waals surface area contributed by atoms with Crippen LogP contribution in [0.4, 0.5) is 4.79 Å². The summed E-state index contributed by atoms with van der Waals surface area (Å²) in [6, 6.07) is 3.99. The molecule has 0 aromatic carbocycles. The third-order valence-electron chi connectivity index (χ3n) is 4.10. The lowest BCUT2D eigenvalue weighted by atomic mass is 10.2. The van der Waals surface area contributed by atoms with Gasteiger partial charge in [-0.15, -0.1) is 0 Å². The molecule has 0 saturated heterocycles. The van der Waals surface area contributed by atoms with E-state index in [1.165, 1.54) is 19.2 Å². The maximum atomic E-state index is 12.1. The van der Waals surface area contributed by atoms with Crippen LogP contribution in [0.25, 0.3) is 11.4 Å². The summed E-state index contributed by atoms with van der Waals surface area (Å²) in [5.41, 5.74) is 1.27. The van der Waals surface area contributed by atoms with Crippen LogP contribution < -0.4 is 0 Å². The minimum Gasteiger partial charge on any atom is -0.444 e. The maximum Gasteiger partial charge on any atom is 0.410 e. The minimum absolute atomic E-state index is 0.0446. The summed E-state index contributed by atoms with van der Waals surface area (Å²) in [7, 11) is 1.79. The van der Waals surface area contributed by atoms with Gasteiger partial charge in [0.05, 0.1) is 5.69 Å². The van der Waals surface area contributed by atoms with E-state index in [2.05, 4.69) is 25.9 Å². The van der Waals surface area contributed by atoms with Crippen LogP contribution in [0.5, 0.6) is 0 Å². The molecule has 23 heavy (non-hydrogen) atoms. The number of carbonyl (C=O) groups excluding carboxylic acids is 1. The first-order valence-corrected chi connectivity index (χ1v) is 8.38. The fourth-order valence-corrected chi connectivity index (χ4v) is 3.00. The number of pyridine rings is 1. The molecule has 1 saturated carbocycles. The average Bonchev–Trinajstić information content (AvgIpc) is 3.24. The molecule has 6 nitrogen and oxygen atoms in total. The van der Waals surface area contributed by atoms with E-state index in [9.17, 15) is 4.79 Å². The standard InChI is InChI=1S/C16H18BrN3O3/c1-20(12-4-2-3-5-12)16(21)22-9-14-15(19-10-23-14)13-7-6-11(17)8-18-13/h6-8,10,12H,2-5,9H2,1H3. The van der Waals surface area contributed by atoms with Gasteiger partial charge < -0.3 is 14.1 Å². The van der Waals surface area contributed by atoms with Gasteiger partial charge in [0.2, 0.25) is 0 Å². The molecular formula is C16H18BrN3O3. The lowest BCUT2D eigenvalue weighted by Gasteiger charge is -2.23. The van der Waals surface area contributed by atoms with Crippen LogP contribution in [0.3, 0.4) is 0 Å². The zero-order valence-corrected chi connectivity index (χ0v) is 14.5. The number of amides is 1.